The Morgan fingerprint density at radius 2 is 2.00 bits per heavy atom. The number of hydrogen-bond donors (Lipinski definition) is 2. The zero-order chi connectivity index (χ0) is 19.2. The molecule has 0 aliphatic carbocycles. The van der Waals surface area contributed by atoms with Crippen molar-refractivity contribution < 1.29 is 9.53 Å². The Morgan fingerprint density at radius 1 is 1.15 bits per heavy atom. The van der Waals surface area contributed by atoms with E-state index in [-0.39, 0.29) is 11.6 Å². The summed E-state index contributed by atoms with van der Waals surface area (Å²) in [6, 6.07) is 17.3. The number of ether oxygens (including phenoxy) is 1. The molecule has 7 heteroatoms. The first-order chi connectivity index (χ1) is 13.1. The predicted octanol–water partition coefficient (Wildman–Crippen LogP) is 4.61. The first kappa shape index (κ1) is 18.2. The highest BCUT2D eigenvalue weighted by atomic mass is 35.5. The lowest BCUT2D eigenvalue weighted by Gasteiger charge is -2.12. The van der Waals surface area contributed by atoms with Crippen molar-refractivity contribution in [1.82, 2.24) is 4.98 Å². The van der Waals surface area contributed by atoms with Crippen LogP contribution in [0.3, 0.4) is 0 Å². The van der Waals surface area contributed by atoms with Gasteiger partial charge in [0.25, 0.3) is 5.91 Å². The van der Waals surface area contributed by atoms with Crippen LogP contribution in [0.5, 0.6) is 5.75 Å². The molecule has 2 aromatic carbocycles. The summed E-state index contributed by atoms with van der Waals surface area (Å²) in [5.74, 6) is 0.238. The number of benzene rings is 2. The summed E-state index contributed by atoms with van der Waals surface area (Å²) in [6.45, 7) is 0. The van der Waals surface area contributed by atoms with E-state index in [2.05, 4.69) is 15.6 Å². The summed E-state index contributed by atoms with van der Waals surface area (Å²) in [4.78, 5) is 16.6. The maximum atomic E-state index is 12.5. The SMILES string of the molecule is COc1ccc(Cl)cc1Nc1ccnc(C(=O)Nc2cccc(C#N)c2)c1. The van der Waals surface area contributed by atoms with Crippen molar-refractivity contribution in [2.75, 3.05) is 17.7 Å². The number of carbonyl (C=O) groups excluding carboxylic acids is 1. The van der Waals surface area contributed by atoms with Gasteiger partial charge in [-0.2, -0.15) is 5.26 Å². The number of rotatable bonds is 5. The van der Waals surface area contributed by atoms with Crippen molar-refractivity contribution in [2.24, 2.45) is 0 Å². The fourth-order valence-corrected chi connectivity index (χ4v) is 2.60. The molecule has 3 rings (SSSR count). The number of pyridine rings is 1. The third-order valence-electron chi connectivity index (χ3n) is 3.68. The van der Waals surface area contributed by atoms with Crippen LogP contribution < -0.4 is 15.4 Å². The minimum absolute atomic E-state index is 0.225. The van der Waals surface area contributed by atoms with Crippen LogP contribution in [0.15, 0.2) is 60.8 Å². The average molecular weight is 379 g/mol. The summed E-state index contributed by atoms with van der Waals surface area (Å²) in [5, 5.41) is 15.4. The van der Waals surface area contributed by atoms with Crippen LogP contribution in [0, 0.1) is 11.3 Å². The highest BCUT2D eigenvalue weighted by Gasteiger charge is 2.10. The summed E-state index contributed by atoms with van der Waals surface area (Å²) in [7, 11) is 1.56. The molecule has 27 heavy (non-hydrogen) atoms. The van der Waals surface area contributed by atoms with Crippen LogP contribution in [-0.4, -0.2) is 18.0 Å². The molecular formula is C20H15ClN4O2. The maximum absolute atomic E-state index is 12.5. The van der Waals surface area contributed by atoms with Gasteiger partial charge >= 0.3 is 0 Å². The molecule has 134 valence electrons. The van der Waals surface area contributed by atoms with Crippen molar-refractivity contribution in [2.45, 2.75) is 0 Å². The first-order valence-corrected chi connectivity index (χ1v) is 8.35. The van der Waals surface area contributed by atoms with Crippen LogP contribution in [0.25, 0.3) is 0 Å². The zero-order valence-corrected chi connectivity index (χ0v) is 15.1. The monoisotopic (exact) mass is 378 g/mol. The van der Waals surface area contributed by atoms with Crippen molar-refractivity contribution in [3.8, 4) is 11.8 Å². The van der Waals surface area contributed by atoms with Gasteiger partial charge in [0.15, 0.2) is 0 Å². The second-order valence-electron chi connectivity index (χ2n) is 5.55. The minimum atomic E-state index is -0.383. The van der Waals surface area contributed by atoms with Crippen LogP contribution in [0.4, 0.5) is 17.1 Å². The molecule has 3 aromatic rings. The molecule has 0 spiro atoms. The molecule has 0 unspecified atom stereocenters. The Hall–Kier alpha value is -3.56. The fourth-order valence-electron chi connectivity index (χ4n) is 2.43. The van der Waals surface area contributed by atoms with Gasteiger partial charge in [-0.05, 0) is 48.5 Å². The van der Waals surface area contributed by atoms with Gasteiger partial charge in [-0.25, -0.2) is 0 Å². The molecule has 0 aliphatic rings. The van der Waals surface area contributed by atoms with E-state index in [9.17, 15) is 4.79 Å². The maximum Gasteiger partial charge on any atom is 0.274 e. The molecule has 0 bridgehead atoms. The molecule has 0 aliphatic heterocycles. The lowest BCUT2D eigenvalue weighted by atomic mass is 10.2. The Balaban J connectivity index is 1.80. The van der Waals surface area contributed by atoms with E-state index in [0.29, 0.717) is 33.4 Å². The van der Waals surface area contributed by atoms with Crippen molar-refractivity contribution in [3.05, 3.63) is 77.1 Å². The molecule has 0 fully saturated rings. The second kappa shape index (κ2) is 8.21. The average Bonchev–Trinajstić information content (AvgIpc) is 2.68. The summed E-state index contributed by atoms with van der Waals surface area (Å²) >= 11 is 6.04. The van der Waals surface area contributed by atoms with Gasteiger partial charge in [0.1, 0.15) is 11.4 Å². The fraction of sp³-hybridized carbons (Fsp3) is 0.0500. The van der Waals surface area contributed by atoms with Crippen molar-refractivity contribution >= 4 is 34.6 Å². The van der Waals surface area contributed by atoms with E-state index in [1.807, 2.05) is 6.07 Å². The minimum Gasteiger partial charge on any atom is -0.495 e. The lowest BCUT2D eigenvalue weighted by molar-refractivity contribution is 0.102. The number of methoxy groups -OCH3 is 1. The van der Waals surface area contributed by atoms with E-state index in [1.54, 1.807) is 61.7 Å². The van der Waals surface area contributed by atoms with Crippen molar-refractivity contribution in [1.29, 1.82) is 5.26 Å². The van der Waals surface area contributed by atoms with E-state index in [4.69, 9.17) is 21.6 Å². The smallest absolute Gasteiger partial charge is 0.274 e. The number of hydrogen-bond acceptors (Lipinski definition) is 5. The zero-order valence-electron chi connectivity index (χ0n) is 14.4. The topological polar surface area (TPSA) is 87.0 Å². The molecule has 1 heterocycles. The van der Waals surface area contributed by atoms with E-state index < -0.39 is 0 Å². The Bertz CT molecular complexity index is 1030. The quantitative estimate of drug-likeness (QED) is 0.676. The Labute approximate surface area is 161 Å². The van der Waals surface area contributed by atoms with Gasteiger partial charge in [-0.15, -0.1) is 0 Å². The number of nitrogens with one attached hydrogen (secondary N) is 2. The number of halogens is 1. The van der Waals surface area contributed by atoms with Gasteiger partial charge in [-0.3, -0.25) is 9.78 Å². The van der Waals surface area contributed by atoms with Crippen LogP contribution in [-0.2, 0) is 0 Å². The molecule has 2 N–H and O–H groups in total. The third-order valence-corrected chi connectivity index (χ3v) is 3.92. The first-order valence-electron chi connectivity index (χ1n) is 7.97. The molecular weight excluding hydrogens is 364 g/mol. The van der Waals surface area contributed by atoms with Crippen molar-refractivity contribution in [3.63, 3.8) is 0 Å². The number of amides is 1. The molecule has 0 atom stereocenters. The van der Waals surface area contributed by atoms with Crippen LogP contribution in [0.2, 0.25) is 5.02 Å². The third kappa shape index (κ3) is 4.54. The molecule has 0 radical (unpaired) electrons. The normalized spacial score (nSPS) is 9.96. The van der Waals surface area contributed by atoms with E-state index in [1.165, 1.54) is 6.20 Å². The van der Waals surface area contributed by atoms with Gasteiger partial charge in [0.05, 0.1) is 24.4 Å². The van der Waals surface area contributed by atoms with Crippen LogP contribution >= 0.6 is 11.6 Å². The summed E-state index contributed by atoms with van der Waals surface area (Å²) in [5.41, 5.74) is 2.54. The summed E-state index contributed by atoms with van der Waals surface area (Å²) < 4.78 is 5.31. The summed E-state index contributed by atoms with van der Waals surface area (Å²) in [6.07, 6.45) is 1.53. The largest absolute Gasteiger partial charge is 0.495 e. The number of aromatic nitrogens is 1. The number of nitriles is 1. The van der Waals surface area contributed by atoms with Crippen LogP contribution in [0.1, 0.15) is 16.1 Å². The highest BCUT2D eigenvalue weighted by molar-refractivity contribution is 6.31. The lowest BCUT2D eigenvalue weighted by Crippen LogP contribution is -2.14. The molecule has 0 saturated heterocycles. The van der Waals surface area contributed by atoms with Gasteiger partial charge < -0.3 is 15.4 Å². The number of nitrogens with zero attached hydrogens (tertiary/aromatic N) is 2. The molecule has 1 aromatic heterocycles. The van der Waals surface area contributed by atoms with Gasteiger partial charge in [0.2, 0.25) is 0 Å². The van der Waals surface area contributed by atoms with E-state index in [0.717, 1.165) is 0 Å². The van der Waals surface area contributed by atoms with Gasteiger partial charge in [-0.1, -0.05) is 17.7 Å². The number of carbonyl (C=O) groups is 1. The highest BCUT2D eigenvalue weighted by Crippen LogP contribution is 2.30. The second-order valence-corrected chi connectivity index (χ2v) is 5.98. The number of anilines is 3. The Morgan fingerprint density at radius 3 is 2.78 bits per heavy atom. The molecule has 6 nitrogen and oxygen atoms in total. The Kier molecular flexibility index (Phi) is 5.55. The van der Waals surface area contributed by atoms with Gasteiger partial charge in [0, 0.05) is 22.6 Å². The predicted molar refractivity (Wildman–Crippen MR) is 105 cm³/mol. The standard InChI is InChI=1S/C20H15ClN4O2/c1-27-19-6-5-14(21)10-17(19)24-16-7-8-23-18(11-16)20(26)25-15-4-2-3-13(9-15)12-22/h2-11H,1H3,(H,23,24)(H,25,26). The van der Waals surface area contributed by atoms with E-state index >= 15 is 0 Å². The molecule has 1 amide bonds. The molecule has 0 saturated carbocycles.